The van der Waals surface area contributed by atoms with Crippen molar-refractivity contribution in [1.29, 1.82) is 0 Å². The normalized spacial score (nSPS) is 17.8. The van der Waals surface area contributed by atoms with Crippen molar-refractivity contribution < 1.29 is 19.5 Å². The molecule has 9 heteroatoms. The third kappa shape index (κ3) is 7.80. The third-order valence-electron chi connectivity index (χ3n) is 3.71. The Morgan fingerprint density at radius 3 is 2.52 bits per heavy atom. The van der Waals surface area contributed by atoms with Gasteiger partial charge < -0.3 is 25.3 Å². The van der Waals surface area contributed by atoms with Gasteiger partial charge in [0.15, 0.2) is 5.13 Å². The summed E-state index contributed by atoms with van der Waals surface area (Å²) in [6, 6.07) is 0. The van der Waals surface area contributed by atoms with Crippen LogP contribution in [0.5, 0.6) is 0 Å². The Kier molecular flexibility index (Phi) is 10.0. The largest absolute Gasteiger partial charge is 0.476 e. The number of aromatic nitrogens is 1. The number of thiazole rings is 1. The predicted molar refractivity (Wildman–Crippen MR) is 98.8 cm³/mol. The number of rotatable bonds is 7. The molecular formula is C16H28N4O4S. The van der Waals surface area contributed by atoms with Crippen molar-refractivity contribution in [3.05, 3.63) is 11.1 Å². The standard InChI is InChI=1S/C10H13N3O4S.C6H15N/c11-10-12-6(5-18-10)8(9(14)15)13-17-7-3-1-2-4-16-7;1-4-7(5-2)6-3/h5,7H,1-4H2,(H2,11,12)(H,14,15);4-6H2,1-3H3. The second-order valence-corrected chi connectivity index (χ2v) is 6.23. The molecule has 1 unspecified atom stereocenters. The van der Waals surface area contributed by atoms with Crippen LogP contribution in [-0.2, 0) is 14.4 Å². The Balaban J connectivity index is 0.000000381. The quantitative estimate of drug-likeness (QED) is 0.558. The number of carboxylic acid groups (broad SMARTS) is 1. The molecule has 1 aliphatic heterocycles. The van der Waals surface area contributed by atoms with Crippen LogP contribution in [0.3, 0.4) is 0 Å². The second-order valence-electron chi connectivity index (χ2n) is 5.34. The van der Waals surface area contributed by atoms with E-state index in [9.17, 15) is 4.79 Å². The lowest BCUT2D eigenvalue weighted by Crippen LogP contribution is -2.23. The van der Waals surface area contributed by atoms with Gasteiger partial charge in [-0.05, 0) is 32.5 Å². The number of aliphatic carboxylic acids is 1. The van der Waals surface area contributed by atoms with E-state index in [4.69, 9.17) is 20.4 Å². The molecule has 0 saturated carbocycles. The number of ether oxygens (including phenoxy) is 1. The van der Waals surface area contributed by atoms with Crippen molar-refractivity contribution in [2.24, 2.45) is 5.16 Å². The van der Waals surface area contributed by atoms with Crippen LogP contribution in [-0.4, -0.2) is 59.2 Å². The van der Waals surface area contributed by atoms with Gasteiger partial charge in [0.1, 0.15) is 5.69 Å². The van der Waals surface area contributed by atoms with E-state index >= 15 is 0 Å². The number of nitrogens with zero attached hydrogens (tertiary/aromatic N) is 3. The maximum Gasteiger partial charge on any atom is 0.360 e. The van der Waals surface area contributed by atoms with Gasteiger partial charge in [-0.25, -0.2) is 9.78 Å². The minimum Gasteiger partial charge on any atom is -0.476 e. The van der Waals surface area contributed by atoms with Gasteiger partial charge in [0.05, 0.1) is 6.61 Å². The SMILES string of the molecule is CCN(CC)CC.Nc1nc(C(=NOC2CCCCO2)C(=O)O)cs1. The Hall–Kier alpha value is -1.71. The molecular weight excluding hydrogens is 344 g/mol. The Morgan fingerprint density at radius 1 is 1.44 bits per heavy atom. The van der Waals surface area contributed by atoms with Crippen LogP contribution in [0.4, 0.5) is 5.13 Å². The van der Waals surface area contributed by atoms with E-state index in [0.717, 1.165) is 24.2 Å². The monoisotopic (exact) mass is 372 g/mol. The number of nitrogens with two attached hydrogens (primary N) is 1. The van der Waals surface area contributed by atoms with E-state index in [1.165, 1.54) is 25.0 Å². The molecule has 0 radical (unpaired) electrons. The first-order chi connectivity index (χ1) is 12.0. The van der Waals surface area contributed by atoms with E-state index in [0.29, 0.717) is 13.0 Å². The summed E-state index contributed by atoms with van der Waals surface area (Å²) in [5.41, 5.74) is 5.38. The van der Waals surface area contributed by atoms with Crippen LogP contribution < -0.4 is 5.73 Å². The first kappa shape index (κ1) is 21.3. The topological polar surface area (TPSA) is 110 Å². The highest BCUT2D eigenvalue weighted by atomic mass is 32.1. The molecule has 1 atom stereocenters. The lowest BCUT2D eigenvalue weighted by Gasteiger charge is -2.20. The molecule has 8 nitrogen and oxygen atoms in total. The van der Waals surface area contributed by atoms with E-state index < -0.39 is 12.3 Å². The maximum atomic E-state index is 11.1. The molecule has 1 fully saturated rings. The molecule has 1 aliphatic rings. The zero-order valence-electron chi connectivity index (χ0n) is 15.1. The van der Waals surface area contributed by atoms with Crippen molar-refractivity contribution >= 4 is 28.1 Å². The fourth-order valence-electron chi connectivity index (χ4n) is 2.17. The van der Waals surface area contributed by atoms with Crippen LogP contribution in [0.2, 0.25) is 0 Å². The van der Waals surface area contributed by atoms with Crippen LogP contribution >= 0.6 is 11.3 Å². The van der Waals surface area contributed by atoms with Crippen molar-refractivity contribution in [2.75, 3.05) is 32.0 Å². The third-order valence-corrected chi connectivity index (χ3v) is 4.38. The maximum absolute atomic E-state index is 11.1. The van der Waals surface area contributed by atoms with Crippen molar-refractivity contribution in [3.8, 4) is 0 Å². The number of carboxylic acids is 1. The van der Waals surface area contributed by atoms with Gasteiger partial charge in [-0.1, -0.05) is 25.9 Å². The predicted octanol–water partition coefficient (Wildman–Crippen LogP) is 2.41. The zero-order valence-corrected chi connectivity index (χ0v) is 15.9. The van der Waals surface area contributed by atoms with Gasteiger partial charge in [0.25, 0.3) is 0 Å². The van der Waals surface area contributed by atoms with Crippen LogP contribution in [0.25, 0.3) is 0 Å². The van der Waals surface area contributed by atoms with E-state index in [1.54, 1.807) is 0 Å². The average molecular weight is 372 g/mol. The summed E-state index contributed by atoms with van der Waals surface area (Å²) in [6.07, 6.45) is 2.18. The van der Waals surface area contributed by atoms with Crippen LogP contribution in [0, 0.1) is 0 Å². The minimum absolute atomic E-state index is 0.195. The molecule has 142 valence electrons. The number of hydrogen-bond donors (Lipinski definition) is 2. The highest BCUT2D eigenvalue weighted by molar-refractivity contribution is 7.13. The van der Waals surface area contributed by atoms with Gasteiger partial charge in [-0.2, -0.15) is 0 Å². The summed E-state index contributed by atoms with van der Waals surface area (Å²) in [7, 11) is 0. The van der Waals surface area contributed by atoms with Gasteiger partial charge in [0.2, 0.25) is 12.0 Å². The van der Waals surface area contributed by atoms with Gasteiger partial charge in [-0.3, -0.25) is 0 Å². The second kappa shape index (κ2) is 11.8. The number of anilines is 1. The summed E-state index contributed by atoms with van der Waals surface area (Å²) in [5, 5.41) is 14.5. The lowest BCUT2D eigenvalue weighted by atomic mass is 10.2. The fourth-order valence-corrected chi connectivity index (χ4v) is 2.72. The summed E-state index contributed by atoms with van der Waals surface area (Å²) in [4.78, 5) is 22.4. The Morgan fingerprint density at radius 2 is 2.12 bits per heavy atom. The first-order valence-electron chi connectivity index (χ1n) is 8.54. The smallest absolute Gasteiger partial charge is 0.360 e. The minimum atomic E-state index is -1.21. The average Bonchev–Trinajstić information content (AvgIpc) is 3.04. The van der Waals surface area contributed by atoms with Crippen molar-refractivity contribution in [1.82, 2.24) is 9.88 Å². The van der Waals surface area contributed by atoms with Gasteiger partial charge in [0, 0.05) is 11.8 Å². The van der Waals surface area contributed by atoms with E-state index in [1.807, 2.05) is 0 Å². The fraction of sp³-hybridized carbons (Fsp3) is 0.688. The zero-order chi connectivity index (χ0) is 18.7. The number of hydrogen-bond acceptors (Lipinski definition) is 8. The molecule has 0 bridgehead atoms. The molecule has 1 saturated heterocycles. The van der Waals surface area contributed by atoms with Crippen molar-refractivity contribution in [2.45, 2.75) is 46.3 Å². The van der Waals surface area contributed by atoms with Gasteiger partial charge in [-0.15, -0.1) is 11.3 Å². The summed E-state index contributed by atoms with van der Waals surface area (Å²) >= 11 is 1.15. The van der Waals surface area contributed by atoms with E-state index in [-0.39, 0.29) is 16.5 Å². The van der Waals surface area contributed by atoms with Crippen LogP contribution in [0.15, 0.2) is 10.5 Å². The summed E-state index contributed by atoms with van der Waals surface area (Å²) < 4.78 is 5.28. The molecule has 0 aliphatic carbocycles. The molecule has 0 spiro atoms. The molecule has 0 amide bonds. The molecule has 2 rings (SSSR count). The molecule has 2 heterocycles. The number of nitrogen functional groups attached to an aromatic ring is 1. The van der Waals surface area contributed by atoms with Gasteiger partial charge >= 0.3 is 5.97 Å². The summed E-state index contributed by atoms with van der Waals surface area (Å²) in [5.74, 6) is -1.21. The number of carbonyl (C=O) groups is 1. The molecule has 1 aromatic rings. The van der Waals surface area contributed by atoms with Crippen LogP contribution in [0.1, 0.15) is 45.7 Å². The molecule has 0 aromatic carbocycles. The first-order valence-corrected chi connectivity index (χ1v) is 9.42. The molecule has 3 N–H and O–H groups in total. The molecule has 1 aromatic heterocycles. The Bertz CT molecular complexity index is 534. The van der Waals surface area contributed by atoms with Crippen molar-refractivity contribution in [3.63, 3.8) is 0 Å². The molecule has 25 heavy (non-hydrogen) atoms. The number of oxime groups is 1. The van der Waals surface area contributed by atoms with E-state index in [2.05, 4.69) is 35.8 Å². The Labute approximate surface area is 152 Å². The highest BCUT2D eigenvalue weighted by Crippen LogP contribution is 2.16. The highest BCUT2D eigenvalue weighted by Gasteiger charge is 2.20. The lowest BCUT2D eigenvalue weighted by molar-refractivity contribution is -0.162. The summed E-state index contributed by atoms with van der Waals surface area (Å²) in [6.45, 7) is 10.7.